The molecule has 4 rings (SSSR count). The zero-order valence-electron chi connectivity index (χ0n) is 17.7. The van der Waals surface area contributed by atoms with Gasteiger partial charge in [-0.25, -0.2) is 15.1 Å². The van der Waals surface area contributed by atoms with Gasteiger partial charge in [-0.1, -0.05) is 17.7 Å². The second-order valence-corrected chi connectivity index (χ2v) is 9.97. The van der Waals surface area contributed by atoms with Crippen LogP contribution in [0, 0.1) is 5.92 Å². The fourth-order valence-electron chi connectivity index (χ4n) is 4.46. The molecule has 184 valence electrons. The summed E-state index contributed by atoms with van der Waals surface area (Å²) in [5.41, 5.74) is 0.539. The third-order valence-electron chi connectivity index (χ3n) is 6.07. The topological polar surface area (TPSA) is 120 Å². The molecule has 1 aromatic carbocycles. The molecule has 0 amide bonds. The molecular formula is C21H22ClF3N4O4S. The van der Waals surface area contributed by atoms with Crippen molar-refractivity contribution in [3.05, 3.63) is 58.6 Å². The van der Waals surface area contributed by atoms with E-state index in [4.69, 9.17) is 16.7 Å². The second-order valence-electron chi connectivity index (χ2n) is 8.31. The van der Waals surface area contributed by atoms with Gasteiger partial charge in [0.2, 0.25) is 0 Å². The molecule has 0 saturated heterocycles. The largest absolute Gasteiger partial charge is 0.416 e. The Hall–Kier alpha value is -2.25. The zero-order valence-corrected chi connectivity index (χ0v) is 19.3. The lowest BCUT2D eigenvalue weighted by molar-refractivity contribution is -0.138. The molecule has 8 nitrogen and oxygen atoms in total. The number of hydrogen-bond acceptors (Lipinski definition) is 6. The molecule has 2 aromatic heterocycles. The lowest BCUT2D eigenvalue weighted by Gasteiger charge is -2.15. The number of hydrogen-bond donors (Lipinski definition) is 2. The van der Waals surface area contributed by atoms with Crippen molar-refractivity contribution in [1.29, 1.82) is 0 Å². The summed E-state index contributed by atoms with van der Waals surface area (Å²) < 4.78 is 68.8. The number of aliphatic hydroxyl groups is 1. The predicted molar refractivity (Wildman–Crippen MR) is 118 cm³/mol. The standard InChI is InChI=1S/C21H22ClF3N4O4S/c22-14-3-1-12(17(8-14)21(23,24)25)2-4-18-16-5-6-29(20(16)28-11-27-18)15-7-13(19(30)9-15)10-33-34(26,31)32/h1,3,5-6,8,11,13,15,19,30H,2,4,7,9-10H2,(H2,26,31,32)/t13-,15+,19-/m0/s1. The maximum absolute atomic E-state index is 13.4. The van der Waals surface area contributed by atoms with Crippen LogP contribution >= 0.6 is 11.6 Å². The summed E-state index contributed by atoms with van der Waals surface area (Å²) in [7, 11) is -4.11. The Kier molecular flexibility index (Phi) is 6.89. The van der Waals surface area contributed by atoms with Crippen LogP contribution in [0.15, 0.2) is 36.8 Å². The second kappa shape index (κ2) is 9.42. The van der Waals surface area contributed by atoms with Gasteiger partial charge in [0.05, 0.1) is 24.0 Å². The molecule has 0 radical (unpaired) electrons. The first kappa shape index (κ1) is 24.9. The molecule has 1 saturated carbocycles. The van der Waals surface area contributed by atoms with E-state index in [0.717, 1.165) is 6.07 Å². The summed E-state index contributed by atoms with van der Waals surface area (Å²) in [5.74, 6) is -0.423. The van der Waals surface area contributed by atoms with E-state index < -0.39 is 34.1 Å². The highest BCUT2D eigenvalue weighted by molar-refractivity contribution is 7.84. The van der Waals surface area contributed by atoms with Crippen molar-refractivity contribution in [3.63, 3.8) is 0 Å². The zero-order chi connectivity index (χ0) is 24.7. The van der Waals surface area contributed by atoms with Crippen LogP contribution in [0.1, 0.15) is 35.7 Å². The van der Waals surface area contributed by atoms with Crippen molar-refractivity contribution in [3.8, 4) is 0 Å². The highest BCUT2D eigenvalue weighted by atomic mass is 35.5. The SMILES string of the molecule is NS(=O)(=O)OC[C@@H]1C[C@@H](n2ccc3c(CCc4ccc(Cl)cc4C(F)(F)F)ncnc32)C[C@@H]1O. The highest BCUT2D eigenvalue weighted by Crippen LogP contribution is 2.38. The third kappa shape index (κ3) is 5.52. The third-order valence-corrected chi connectivity index (χ3v) is 6.77. The van der Waals surface area contributed by atoms with Gasteiger partial charge in [-0.05, 0) is 49.4 Å². The van der Waals surface area contributed by atoms with Crippen molar-refractivity contribution >= 4 is 32.9 Å². The van der Waals surface area contributed by atoms with Crippen LogP contribution in [0.5, 0.6) is 0 Å². The number of nitrogens with zero attached hydrogens (tertiary/aromatic N) is 3. The van der Waals surface area contributed by atoms with Crippen molar-refractivity contribution in [2.24, 2.45) is 11.1 Å². The van der Waals surface area contributed by atoms with E-state index in [1.54, 1.807) is 12.3 Å². The van der Waals surface area contributed by atoms with Gasteiger partial charge in [-0.2, -0.15) is 21.6 Å². The molecule has 34 heavy (non-hydrogen) atoms. The Morgan fingerprint density at radius 3 is 2.68 bits per heavy atom. The first-order valence-corrected chi connectivity index (χ1v) is 12.3. The molecule has 1 aliphatic rings. The van der Waals surface area contributed by atoms with Crippen molar-refractivity contribution in [2.45, 2.75) is 44.0 Å². The van der Waals surface area contributed by atoms with Crippen molar-refractivity contribution in [1.82, 2.24) is 14.5 Å². The first-order chi connectivity index (χ1) is 15.9. The minimum atomic E-state index is -4.52. The average molecular weight is 519 g/mol. The van der Waals surface area contributed by atoms with Crippen molar-refractivity contribution < 1.29 is 30.9 Å². The minimum Gasteiger partial charge on any atom is -0.393 e. The van der Waals surface area contributed by atoms with Crippen LogP contribution in [0.4, 0.5) is 13.2 Å². The molecule has 1 aliphatic carbocycles. The number of nitrogens with two attached hydrogens (primary N) is 1. The van der Waals surface area contributed by atoms with E-state index in [2.05, 4.69) is 14.2 Å². The minimum absolute atomic E-state index is 0.0177. The summed E-state index contributed by atoms with van der Waals surface area (Å²) in [4.78, 5) is 8.61. The van der Waals surface area contributed by atoms with Gasteiger partial charge in [0.15, 0.2) is 0 Å². The van der Waals surface area contributed by atoms with Gasteiger partial charge in [0.1, 0.15) is 12.0 Å². The molecule has 3 atom stereocenters. The monoisotopic (exact) mass is 518 g/mol. The molecule has 3 aromatic rings. The summed E-state index contributed by atoms with van der Waals surface area (Å²) in [6.07, 6.45) is -0.987. The number of alkyl halides is 3. The van der Waals surface area contributed by atoms with E-state index in [1.807, 2.05) is 4.57 Å². The Balaban J connectivity index is 1.53. The fourth-order valence-corrected chi connectivity index (χ4v) is 5.00. The van der Waals surface area contributed by atoms with Gasteiger partial charge in [0, 0.05) is 28.6 Å². The number of benzene rings is 1. The number of fused-ring (bicyclic) bond motifs is 1. The number of aliphatic hydroxyl groups excluding tert-OH is 1. The van der Waals surface area contributed by atoms with E-state index in [1.165, 1.54) is 18.5 Å². The van der Waals surface area contributed by atoms with E-state index >= 15 is 0 Å². The van der Waals surface area contributed by atoms with Gasteiger partial charge in [-0.15, -0.1) is 0 Å². The molecule has 0 spiro atoms. The lowest BCUT2D eigenvalue weighted by atomic mass is 10.0. The van der Waals surface area contributed by atoms with Crippen LogP contribution in [0.2, 0.25) is 5.02 Å². The van der Waals surface area contributed by atoms with Crippen molar-refractivity contribution in [2.75, 3.05) is 6.61 Å². The maximum Gasteiger partial charge on any atom is 0.416 e. The molecule has 0 unspecified atom stereocenters. The quantitative estimate of drug-likeness (QED) is 0.494. The number of halogens is 4. The fraction of sp³-hybridized carbons (Fsp3) is 0.429. The van der Waals surface area contributed by atoms with Crippen LogP contribution in [0.25, 0.3) is 11.0 Å². The molecule has 0 bridgehead atoms. The summed E-state index contributed by atoms with van der Waals surface area (Å²) in [5, 5.41) is 15.9. The summed E-state index contributed by atoms with van der Waals surface area (Å²) in [6, 6.07) is 5.34. The maximum atomic E-state index is 13.4. The predicted octanol–water partition coefficient (Wildman–Crippen LogP) is 3.42. The number of rotatable bonds is 7. The van der Waals surface area contributed by atoms with Gasteiger partial charge < -0.3 is 9.67 Å². The molecule has 3 N–H and O–H groups in total. The molecule has 13 heteroatoms. The van der Waals surface area contributed by atoms with Crippen LogP contribution in [0.3, 0.4) is 0 Å². The number of aryl methyl sites for hydroxylation is 2. The van der Waals surface area contributed by atoms with E-state index in [9.17, 15) is 26.7 Å². The Bertz CT molecular complexity index is 1300. The number of aromatic nitrogens is 3. The van der Waals surface area contributed by atoms with Gasteiger partial charge in [0.25, 0.3) is 0 Å². The Morgan fingerprint density at radius 2 is 1.97 bits per heavy atom. The van der Waals surface area contributed by atoms with Crippen LogP contribution in [-0.2, 0) is 33.5 Å². The Labute approximate surface area is 198 Å². The normalized spacial score (nSPS) is 21.4. The molecular weight excluding hydrogens is 497 g/mol. The van der Waals surface area contributed by atoms with Crippen LogP contribution in [-0.4, -0.2) is 40.8 Å². The highest BCUT2D eigenvalue weighted by Gasteiger charge is 2.36. The molecule has 2 heterocycles. The smallest absolute Gasteiger partial charge is 0.393 e. The molecule has 1 fully saturated rings. The molecule has 0 aliphatic heterocycles. The Morgan fingerprint density at radius 1 is 1.21 bits per heavy atom. The first-order valence-electron chi connectivity index (χ1n) is 10.4. The lowest BCUT2D eigenvalue weighted by Crippen LogP contribution is -2.24. The van der Waals surface area contributed by atoms with E-state index in [0.29, 0.717) is 29.6 Å². The summed E-state index contributed by atoms with van der Waals surface area (Å²) >= 11 is 5.76. The van der Waals surface area contributed by atoms with Gasteiger partial charge in [-0.3, -0.25) is 4.18 Å². The average Bonchev–Trinajstić information content (AvgIpc) is 3.33. The van der Waals surface area contributed by atoms with Crippen LogP contribution < -0.4 is 5.14 Å². The summed E-state index contributed by atoms with van der Waals surface area (Å²) in [6.45, 7) is -0.224. The van der Waals surface area contributed by atoms with E-state index in [-0.39, 0.29) is 36.1 Å². The van der Waals surface area contributed by atoms with Gasteiger partial charge >= 0.3 is 16.5 Å².